The van der Waals surface area contributed by atoms with Crippen molar-refractivity contribution in [1.29, 1.82) is 0 Å². The average molecular weight is 446 g/mol. The summed E-state index contributed by atoms with van der Waals surface area (Å²) in [5, 5.41) is 13.1. The summed E-state index contributed by atoms with van der Waals surface area (Å²) < 4.78 is 29.6. The molecule has 166 valence electrons. The van der Waals surface area contributed by atoms with Crippen LogP contribution in [0, 0.1) is 0 Å². The van der Waals surface area contributed by atoms with Gasteiger partial charge in [0.1, 0.15) is 4.90 Å². The minimum atomic E-state index is -3.49. The maximum Gasteiger partial charge on any atom is 0.354 e. The van der Waals surface area contributed by atoms with Crippen LogP contribution in [0.15, 0.2) is 21.5 Å². The Bertz CT molecular complexity index is 1170. The van der Waals surface area contributed by atoms with Gasteiger partial charge in [-0.3, -0.25) is 0 Å². The predicted octanol–water partition coefficient (Wildman–Crippen LogP) is 2.76. The van der Waals surface area contributed by atoms with E-state index in [-0.39, 0.29) is 4.90 Å². The van der Waals surface area contributed by atoms with Gasteiger partial charge in [-0.05, 0) is 54.4 Å². The van der Waals surface area contributed by atoms with Gasteiger partial charge in [-0.15, -0.1) is 4.36 Å². The van der Waals surface area contributed by atoms with E-state index in [2.05, 4.69) is 20.8 Å². The normalized spacial score (nSPS) is 20.9. The summed E-state index contributed by atoms with van der Waals surface area (Å²) >= 11 is 0. The molecule has 3 N–H and O–H groups in total. The smallest absolute Gasteiger partial charge is 0.354 e. The number of amides is 2. The highest BCUT2D eigenvalue weighted by Crippen LogP contribution is 2.43. The Kier molecular flexibility index (Phi) is 5.23. The van der Waals surface area contributed by atoms with E-state index in [1.165, 1.54) is 17.3 Å². The third-order valence-corrected chi connectivity index (χ3v) is 7.72. The second-order valence-electron chi connectivity index (χ2n) is 8.33. The standard InChI is InChI=1S/C21H27N5O4S/c1-29-12-14-6-7-16-17(14)10-13-4-2-5-15(13)19(16)24-21(27)25-31(22,28)18-11-23-26-8-3-9-30-20(18)26/h10-11,14H,2-9,12H2,1H3,(H3,22,24,25,27,28)/t14-,31+/m0/s1. The Morgan fingerprint density at radius 3 is 3.10 bits per heavy atom. The molecule has 0 radical (unpaired) electrons. The van der Waals surface area contributed by atoms with Crippen LogP contribution in [0.3, 0.4) is 0 Å². The summed E-state index contributed by atoms with van der Waals surface area (Å²) in [7, 11) is -1.78. The molecular formula is C21H27N5O4S. The first-order chi connectivity index (χ1) is 15.0. The zero-order valence-electron chi connectivity index (χ0n) is 17.6. The lowest BCUT2D eigenvalue weighted by atomic mass is 9.95. The molecular weight excluding hydrogens is 418 g/mol. The number of methoxy groups -OCH3 is 1. The first-order valence-corrected chi connectivity index (χ1v) is 12.3. The molecule has 2 aromatic rings. The largest absolute Gasteiger partial charge is 0.477 e. The van der Waals surface area contributed by atoms with Crippen LogP contribution >= 0.6 is 0 Å². The molecule has 1 aromatic heterocycles. The Hall–Kier alpha value is -2.43. The number of rotatable bonds is 4. The van der Waals surface area contributed by atoms with Crippen LogP contribution in [0.4, 0.5) is 10.5 Å². The molecule has 1 aromatic carbocycles. The van der Waals surface area contributed by atoms with Crippen molar-refractivity contribution in [2.24, 2.45) is 9.50 Å². The quantitative estimate of drug-likeness (QED) is 0.750. The molecule has 2 atom stereocenters. The fourth-order valence-corrected chi connectivity index (χ4v) is 6.00. The molecule has 9 nitrogen and oxygen atoms in total. The summed E-state index contributed by atoms with van der Waals surface area (Å²) in [6, 6.07) is 1.57. The summed E-state index contributed by atoms with van der Waals surface area (Å²) in [5.74, 6) is 0.660. The average Bonchev–Trinajstić information content (AvgIpc) is 3.46. The minimum absolute atomic E-state index is 0.158. The Morgan fingerprint density at radius 1 is 1.39 bits per heavy atom. The van der Waals surface area contributed by atoms with E-state index in [0.29, 0.717) is 31.6 Å². The highest BCUT2D eigenvalue weighted by atomic mass is 32.2. The molecule has 5 rings (SSSR count). The molecule has 0 fully saturated rings. The van der Waals surface area contributed by atoms with E-state index in [4.69, 9.17) is 14.6 Å². The first-order valence-electron chi connectivity index (χ1n) is 10.7. The van der Waals surface area contributed by atoms with Crippen molar-refractivity contribution in [2.45, 2.75) is 55.9 Å². The highest BCUT2D eigenvalue weighted by molar-refractivity contribution is 7.91. The molecule has 2 amide bonds. The number of hydrogen-bond acceptors (Lipinski definition) is 5. The van der Waals surface area contributed by atoms with Crippen molar-refractivity contribution in [1.82, 2.24) is 9.78 Å². The Morgan fingerprint density at radius 2 is 2.26 bits per heavy atom. The van der Waals surface area contributed by atoms with E-state index in [9.17, 15) is 9.00 Å². The SMILES string of the molecule is COC[C@@H]1CCc2c1cc1c(c2NC(=O)N=[S@@](N)(=O)c2cnn3c2OCCC3)CCC1. The number of anilines is 1. The van der Waals surface area contributed by atoms with E-state index in [0.717, 1.165) is 55.3 Å². The van der Waals surface area contributed by atoms with Crippen LogP contribution in [0.2, 0.25) is 0 Å². The number of nitrogens with zero attached hydrogens (tertiary/aromatic N) is 3. The number of nitrogens with one attached hydrogen (secondary N) is 1. The number of aromatic nitrogens is 2. The van der Waals surface area contributed by atoms with E-state index in [1.54, 1.807) is 11.8 Å². The molecule has 0 saturated carbocycles. The van der Waals surface area contributed by atoms with Crippen LogP contribution < -0.4 is 15.2 Å². The van der Waals surface area contributed by atoms with Crippen molar-refractivity contribution in [3.63, 3.8) is 0 Å². The summed E-state index contributed by atoms with van der Waals surface area (Å²) in [6.07, 6.45) is 7.01. The molecule has 2 heterocycles. The fourth-order valence-electron chi connectivity index (χ4n) is 4.99. The third kappa shape index (κ3) is 3.62. The van der Waals surface area contributed by atoms with Crippen molar-refractivity contribution >= 4 is 21.6 Å². The lowest BCUT2D eigenvalue weighted by Gasteiger charge is -2.17. The summed E-state index contributed by atoms with van der Waals surface area (Å²) in [6.45, 7) is 1.81. The molecule has 0 saturated heterocycles. The van der Waals surface area contributed by atoms with Gasteiger partial charge in [0.2, 0.25) is 5.88 Å². The lowest BCUT2D eigenvalue weighted by molar-refractivity contribution is 0.179. The molecule has 10 heteroatoms. The van der Waals surface area contributed by atoms with Crippen molar-refractivity contribution in [3.05, 3.63) is 34.5 Å². The Labute approximate surface area is 181 Å². The van der Waals surface area contributed by atoms with Gasteiger partial charge in [-0.2, -0.15) is 5.10 Å². The molecule has 3 aliphatic rings. The Balaban J connectivity index is 1.48. The number of ether oxygens (including phenoxy) is 2. The van der Waals surface area contributed by atoms with Crippen molar-refractivity contribution in [2.75, 3.05) is 25.6 Å². The second-order valence-corrected chi connectivity index (χ2v) is 10.1. The fraction of sp³-hybridized carbons (Fsp3) is 0.524. The number of nitrogens with two attached hydrogens (primary N) is 1. The molecule has 0 unspecified atom stereocenters. The molecule has 0 bridgehead atoms. The predicted molar refractivity (Wildman–Crippen MR) is 116 cm³/mol. The van der Waals surface area contributed by atoms with Crippen molar-refractivity contribution in [3.8, 4) is 5.88 Å². The molecule has 1 aliphatic heterocycles. The monoisotopic (exact) mass is 445 g/mol. The van der Waals surface area contributed by atoms with Gasteiger partial charge in [0.25, 0.3) is 0 Å². The van der Waals surface area contributed by atoms with Gasteiger partial charge in [0.15, 0.2) is 9.92 Å². The number of hydrogen-bond donors (Lipinski definition) is 2. The first kappa shape index (κ1) is 20.5. The maximum atomic E-state index is 13.1. The number of carbonyl (C=O) groups is 1. The zero-order valence-corrected chi connectivity index (χ0v) is 18.4. The highest BCUT2D eigenvalue weighted by Gasteiger charge is 2.31. The van der Waals surface area contributed by atoms with Gasteiger partial charge >= 0.3 is 6.03 Å². The van der Waals surface area contributed by atoms with Crippen LogP contribution in [-0.4, -0.2) is 40.3 Å². The number of fused-ring (bicyclic) bond motifs is 3. The third-order valence-electron chi connectivity index (χ3n) is 6.37. The lowest BCUT2D eigenvalue weighted by Crippen LogP contribution is -2.21. The number of aryl methyl sites for hydroxylation is 2. The van der Waals surface area contributed by atoms with Gasteiger partial charge in [-0.1, -0.05) is 6.07 Å². The summed E-state index contributed by atoms with van der Waals surface area (Å²) in [5.41, 5.74) is 5.63. The van der Waals surface area contributed by atoms with E-state index < -0.39 is 15.9 Å². The van der Waals surface area contributed by atoms with Gasteiger partial charge in [0.05, 0.1) is 19.4 Å². The molecule has 2 aliphatic carbocycles. The molecule has 0 spiro atoms. The van der Waals surface area contributed by atoms with Crippen molar-refractivity contribution < 1.29 is 18.5 Å². The van der Waals surface area contributed by atoms with Crippen LogP contribution in [-0.2, 0) is 40.5 Å². The second kappa shape index (κ2) is 7.92. The van der Waals surface area contributed by atoms with Crippen LogP contribution in [0.1, 0.15) is 47.4 Å². The summed E-state index contributed by atoms with van der Waals surface area (Å²) in [4.78, 5) is 13.0. The van der Waals surface area contributed by atoms with Gasteiger partial charge in [-0.25, -0.2) is 18.8 Å². The minimum Gasteiger partial charge on any atom is -0.477 e. The maximum absolute atomic E-state index is 13.1. The van der Waals surface area contributed by atoms with E-state index >= 15 is 0 Å². The van der Waals surface area contributed by atoms with E-state index in [1.807, 2.05) is 0 Å². The van der Waals surface area contributed by atoms with Gasteiger partial charge in [0, 0.05) is 31.7 Å². The zero-order chi connectivity index (χ0) is 21.6. The molecule has 31 heavy (non-hydrogen) atoms. The number of urea groups is 1. The number of benzene rings is 1. The van der Waals surface area contributed by atoms with Gasteiger partial charge < -0.3 is 14.8 Å². The van der Waals surface area contributed by atoms with Crippen LogP contribution in [0.5, 0.6) is 5.88 Å². The van der Waals surface area contributed by atoms with Crippen LogP contribution in [0.25, 0.3) is 0 Å². The topological polar surface area (TPSA) is 121 Å². The number of carbonyl (C=O) groups excluding carboxylic acids is 1.